The molecule has 2 N–H and O–H groups in total. The minimum atomic E-state index is -0.337. The lowest BCUT2D eigenvalue weighted by Gasteiger charge is -2.06. The van der Waals surface area contributed by atoms with Crippen molar-refractivity contribution in [3.8, 4) is 0 Å². The van der Waals surface area contributed by atoms with E-state index in [1.54, 1.807) is 6.07 Å². The van der Waals surface area contributed by atoms with Gasteiger partial charge in [0.05, 0.1) is 0 Å². The predicted molar refractivity (Wildman–Crippen MR) is 96.2 cm³/mol. The van der Waals surface area contributed by atoms with Crippen molar-refractivity contribution in [3.63, 3.8) is 0 Å². The average molecular weight is 299 g/mol. The van der Waals surface area contributed by atoms with Crippen molar-refractivity contribution < 1.29 is 4.79 Å². The van der Waals surface area contributed by atoms with Gasteiger partial charge in [-0.25, -0.2) is 0 Å². The van der Waals surface area contributed by atoms with Crippen LogP contribution in [0.5, 0.6) is 0 Å². The molecule has 2 rings (SSSR count). The van der Waals surface area contributed by atoms with Crippen LogP contribution in [-0.4, -0.2) is 5.91 Å². The maximum atomic E-state index is 11.0. The molecule has 0 bridgehead atoms. The number of primary amides is 1. The van der Waals surface area contributed by atoms with Crippen LogP contribution in [0, 0.1) is 13.8 Å². The van der Waals surface area contributed by atoms with Crippen molar-refractivity contribution >= 4 is 5.91 Å². The molecular formula is C20H29NO. The van der Waals surface area contributed by atoms with E-state index in [0.29, 0.717) is 5.56 Å². The molecule has 22 heavy (non-hydrogen) atoms. The quantitative estimate of drug-likeness (QED) is 0.826. The number of rotatable bonds is 2. The highest BCUT2D eigenvalue weighted by atomic mass is 16.1. The summed E-state index contributed by atoms with van der Waals surface area (Å²) < 4.78 is 0. The van der Waals surface area contributed by atoms with E-state index in [4.69, 9.17) is 5.73 Å². The van der Waals surface area contributed by atoms with Crippen LogP contribution in [0.2, 0.25) is 0 Å². The van der Waals surface area contributed by atoms with E-state index in [1.165, 1.54) is 12.0 Å². The highest BCUT2D eigenvalue weighted by molar-refractivity contribution is 5.94. The molecule has 0 saturated carbocycles. The first-order chi connectivity index (χ1) is 10.5. The number of carbonyl (C=O) groups excluding carboxylic acids is 1. The second-order valence-electron chi connectivity index (χ2n) is 5.18. The first kappa shape index (κ1) is 19.9. The van der Waals surface area contributed by atoms with Gasteiger partial charge in [0.2, 0.25) is 5.91 Å². The fraction of sp³-hybridized carbons (Fsp3) is 0.350. The fourth-order valence-corrected chi connectivity index (χ4v) is 1.94. The van der Waals surface area contributed by atoms with Crippen LogP contribution in [0.15, 0.2) is 48.5 Å². The molecule has 2 heteroatoms. The van der Waals surface area contributed by atoms with Gasteiger partial charge in [-0.3, -0.25) is 4.79 Å². The van der Waals surface area contributed by atoms with Crippen LogP contribution in [0.1, 0.15) is 54.2 Å². The standard InChI is InChI=1S/C10H13NO.C7H8.C3H8/c1-3-8-7(2)5-4-6-9(8)10(11)12;1-7-5-3-2-4-6-7;1-3-2/h4-6H,3H2,1-2H3,(H2,11,12);2-6H,1H3;3H2,1-2H3. The Morgan fingerprint density at radius 2 is 1.45 bits per heavy atom. The lowest BCUT2D eigenvalue weighted by molar-refractivity contribution is 0.0999. The molecule has 0 fully saturated rings. The SMILES string of the molecule is CCC.CCc1c(C)cccc1C(N)=O.Cc1ccccc1. The molecule has 0 spiro atoms. The number of nitrogens with two attached hydrogens (primary N) is 1. The first-order valence-corrected chi connectivity index (χ1v) is 7.87. The van der Waals surface area contributed by atoms with E-state index in [9.17, 15) is 4.79 Å². The number of carbonyl (C=O) groups is 1. The van der Waals surface area contributed by atoms with E-state index in [1.807, 2.05) is 44.2 Å². The number of benzene rings is 2. The Kier molecular flexibility index (Phi) is 10.5. The van der Waals surface area contributed by atoms with Crippen LogP contribution >= 0.6 is 0 Å². The minimum Gasteiger partial charge on any atom is -0.366 e. The van der Waals surface area contributed by atoms with Crippen LogP contribution in [0.4, 0.5) is 0 Å². The summed E-state index contributed by atoms with van der Waals surface area (Å²) in [5.41, 5.74) is 9.39. The van der Waals surface area contributed by atoms with Gasteiger partial charge in [0.15, 0.2) is 0 Å². The summed E-state index contributed by atoms with van der Waals surface area (Å²) in [5.74, 6) is -0.337. The number of amides is 1. The molecule has 2 aromatic carbocycles. The zero-order valence-electron chi connectivity index (χ0n) is 14.5. The molecular weight excluding hydrogens is 270 g/mol. The molecule has 0 aliphatic carbocycles. The van der Waals surface area contributed by atoms with Crippen molar-refractivity contribution in [2.45, 2.75) is 47.5 Å². The van der Waals surface area contributed by atoms with Crippen LogP contribution in [-0.2, 0) is 6.42 Å². The lowest BCUT2D eigenvalue weighted by atomic mass is 9.99. The topological polar surface area (TPSA) is 43.1 Å². The molecule has 2 aromatic rings. The van der Waals surface area contributed by atoms with Crippen molar-refractivity contribution in [1.29, 1.82) is 0 Å². The molecule has 0 radical (unpaired) electrons. The number of hydrogen-bond acceptors (Lipinski definition) is 1. The first-order valence-electron chi connectivity index (χ1n) is 7.87. The third-order valence-corrected chi connectivity index (χ3v) is 2.97. The van der Waals surface area contributed by atoms with E-state index >= 15 is 0 Å². The highest BCUT2D eigenvalue weighted by Gasteiger charge is 2.07. The van der Waals surface area contributed by atoms with Gasteiger partial charge < -0.3 is 5.73 Å². The Labute approximate surface area is 135 Å². The van der Waals surface area contributed by atoms with E-state index in [0.717, 1.165) is 17.5 Å². The fourth-order valence-electron chi connectivity index (χ4n) is 1.94. The molecule has 120 valence electrons. The summed E-state index contributed by atoms with van der Waals surface area (Å²) in [7, 11) is 0. The van der Waals surface area contributed by atoms with Crippen molar-refractivity contribution in [2.24, 2.45) is 5.73 Å². The van der Waals surface area contributed by atoms with Crippen LogP contribution in [0.3, 0.4) is 0 Å². The second kappa shape index (κ2) is 11.6. The van der Waals surface area contributed by atoms with Gasteiger partial charge in [0.1, 0.15) is 0 Å². The third kappa shape index (κ3) is 7.63. The third-order valence-electron chi connectivity index (χ3n) is 2.97. The molecule has 0 unspecified atom stereocenters. The largest absolute Gasteiger partial charge is 0.366 e. The van der Waals surface area contributed by atoms with Crippen molar-refractivity contribution in [2.75, 3.05) is 0 Å². The number of hydrogen-bond donors (Lipinski definition) is 1. The Balaban J connectivity index is 0.000000372. The molecule has 1 amide bonds. The molecule has 0 aliphatic heterocycles. The Morgan fingerprint density at radius 3 is 1.77 bits per heavy atom. The van der Waals surface area contributed by atoms with Gasteiger partial charge in [0.25, 0.3) is 0 Å². The van der Waals surface area contributed by atoms with E-state index in [-0.39, 0.29) is 5.91 Å². The Hall–Kier alpha value is -2.09. The number of aryl methyl sites for hydroxylation is 2. The molecule has 0 aromatic heterocycles. The predicted octanol–water partition coefficient (Wildman–Crippen LogP) is 5.07. The summed E-state index contributed by atoms with van der Waals surface area (Å²) >= 11 is 0. The second-order valence-corrected chi connectivity index (χ2v) is 5.18. The monoisotopic (exact) mass is 299 g/mol. The summed E-state index contributed by atoms with van der Waals surface area (Å²) in [6, 6.07) is 15.9. The van der Waals surface area contributed by atoms with Gasteiger partial charge in [-0.2, -0.15) is 0 Å². The maximum absolute atomic E-state index is 11.0. The molecule has 2 nitrogen and oxygen atoms in total. The Morgan fingerprint density at radius 1 is 0.909 bits per heavy atom. The summed E-state index contributed by atoms with van der Waals surface area (Å²) in [6.07, 6.45) is 2.10. The highest BCUT2D eigenvalue weighted by Crippen LogP contribution is 2.13. The minimum absolute atomic E-state index is 0.337. The van der Waals surface area contributed by atoms with Gasteiger partial charge in [0, 0.05) is 5.56 Å². The zero-order chi connectivity index (χ0) is 17.0. The van der Waals surface area contributed by atoms with Crippen molar-refractivity contribution in [1.82, 2.24) is 0 Å². The summed E-state index contributed by atoms with van der Waals surface area (Å²) in [5, 5.41) is 0. The molecule has 0 atom stereocenters. The van der Waals surface area contributed by atoms with Gasteiger partial charge in [-0.15, -0.1) is 0 Å². The zero-order valence-corrected chi connectivity index (χ0v) is 14.5. The smallest absolute Gasteiger partial charge is 0.248 e. The molecule has 0 heterocycles. The average Bonchev–Trinajstić information content (AvgIpc) is 2.49. The van der Waals surface area contributed by atoms with Gasteiger partial charge >= 0.3 is 0 Å². The molecule has 0 saturated heterocycles. The van der Waals surface area contributed by atoms with Gasteiger partial charge in [-0.05, 0) is 37.5 Å². The maximum Gasteiger partial charge on any atom is 0.248 e. The molecule has 0 aliphatic rings. The van der Waals surface area contributed by atoms with Crippen LogP contribution in [0.25, 0.3) is 0 Å². The Bertz CT molecular complexity index is 547. The van der Waals surface area contributed by atoms with E-state index in [2.05, 4.69) is 32.9 Å². The summed E-state index contributed by atoms with van der Waals surface area (Å²) in [4.78, 5) is 11.0. The summed E-state index contributed by atoms with van der Waals surface area (Å²) in [6.45, 7) is 10.3. The normalized spacial score (nSPS) is 8.95. The van der Waals surface area contributed by atoms with Gasteiger partial charge in [-0.1, -0.05) is 75.2 Å². The van der Waals surface area contributed by atoms with Crippen molar-refractivity contribution in [3.05, 3.63) is 70.8 Å². The van der Waals surface area contributed by atoms with Crippen LogP contribution < -0.4 is 5.73 Å². The lowest BCUT2D eigenvalue weighted by Crippen LogP contribution is -2.14. The van der Waals surface area contributed by atoms with E-state index < -0.39 is 0 Å².